The Bertz CT molecular complexity index is 459. The molecule has 0 unspecified atom stereocenters. The number of rotatable bonds is 30. The third-order valence-electron chi connectivity index (χ3n) is 5.81. The second-order valence-electron chi connectivity index (χ2n) is 10.1. The molecule has 0 N–H and O–H groups in total. The Morgan fingerprint density at radius 1 is 0.302 bits per heavy atom. The summed E-state index contributed by atoms with van der Waals surface area (Å²) in [5, 5.41) is 0. The van der Waals surface area contributed by atoms with E-state index in [1.54, 1.807) is 0 Å². The van der Waals surface area contributed by atoms with Gasteiger partial charge in [-0.3, -0.25) is 13.7 Å². The Kier molecular flexibility index (Phi) is 56.0. The molecule has 0 aromatic heterocycles. The summed E-state index contributed by atoms with van der Waals surface area (Å²) >= 11 is 0. The predicted molar refractivity (Wildman–Crippen MR) is 180 cm³/mol. The smallest absolute Gasteiger partial charge is 0.311 e. The van der Waals surface area contributed by atoms with E-state index in [0.717, 1.165) is 116 Å². The van der Waals surface area contributed by atoms with Gasteiger partial charge in [-0.15, -0.1) is 0 Å². The molecular formula is C30H69CoO9P3. The molecule has 9 nitrogen and oxygen atoms in total. The van der Waals surface area contributed by atoms with Crippen LogP contribution in [-0.2, 0) is 57.6 Å². The molecule has 0 saturated heterocycles. The van der Waals surface area contributed by atoms with Gasteiger partial charge in [-0.1, -0.05) is 119 Å². The van der Waals surface area contributed by atoms with Gasteiger partial charge in [0.25, 0.3) is 0 Å². The topological polar surface area (TPSA) is 107 Å². The molecule has 0 fully saturated rings. The minimum absolute atomic E-state index is 0. The summed E-state index contributed by atoms with van der Waals surface area (Å²) in [6.45, 7) is 16.2. The van der Waals surface area contributed by atoms with E-state index >= 15 is 0 Å². The van der Waals surface area contributed by atoms with Crippen molar-refractivity contribution in [2.75, 3.05) is 39.6 Å². The summed E-state index contributed by atoms with van der Waals surface area (Å²) in [7, 11) is -6.60. The molecule has 0 rings (SSSR count). The third-order valence-corrected chi connectivity index (χ3v) is 8.45. The van der Waals surface area contributed by atoms with E-state index in [4.69, 9.17) is 27.1 Å². The maximum atomic E-state index is 11.1. The van der Waals surface area contributed by atoms with E-state index in [-0.39, 0.29) is 16.8 Å². The summed E-state index contributed by atoms with van der Waals surface area (Å²) in [5.41, 5.74) is 0. The zero-order valence-corrected chi connectivity index (χ0v) is 32.5. The van der Waals surface area contributed by atoms with Gasteiger partial charge in [0.05, 0.1) is 39.6 Å². The number of hydrogen-bond acceptors (Lipinski definition) is 9. The number of unbranched alkanes of at least 4 members (excludes halogenated alkanes) is 12. The molecule has 43 heavy (non-hydrogen) atoms. The van der Waals surface area contributed by atoms with Gasteiger partial charge in [-0.05, 0) is 38.5 Å². The van der Waals surface area contributed by atoms with E-state index in [0.29, 0.717) is 39.6 Å². The molecule has 0 bridgehead atoms. The molecule has 0 atom stereocenters. The first-order valence-electron chi connectivity index (χ1n) is 16.8. The van der Waals surface area contributed by atoms with Crippen molar-refractivity contribution in [3.63, 3.8) is 0 Å². The van der Waals surface area contributed by atoms with Gasteiger partial charge in [0, 0.05) is 16.8 Å². The monoisotopic (exact) mass is 725 g/mol. The van der Waals surface area contributed by atoms with E-state index in [2.05, 4.69) is 41.5 Å². The summed E-state index contributed by atoms with van der Waals surface area (Å²) in [6, 6.07) is 0. The quantitative estimate of drug-likeness (QED) is 0.0528. The van der Waals surface area contributed by atoms with Crippen molar-refractivity contribution in [2.24, 2.45) is 0 Å². The van der Waals surface area contributed by atoms with E-state index in [1.807, 2.05) is 0 Å². The average Bonchev–Trinajstić information content (AvgIpc) is 2.99. The van der Waals surface area contributed by atoms with Crippen molar-refractivity contribution in [3.05, 3.63) is 0 Å². The first-order valence-corrected chi connectivity index (χ1v) is 20.5. The van der Waals surface area contributed by atoms with Crippen LogP contribution in [0.5, 0.6) is 0 Å². The molecular weight excluding hydrogens is 656 g/mol. The normalized spacial score (nSPS) is 10.8. The number of hydrogen-bond donors (Lipinski definition) is 0. The summed E-state index contributed by atoms with van der Waals surface area (Å²) < 4.78 is 63.6. The van der Waals surface area contributed by atoms with Crippen LogP contribution < -0.4 is 0 Å². The van der Waals surface area contributed by atoms with E-state index in [9.17, 15) is 13.7 Å². The Morgan fingerprint density at radius 2 is 0.442 bits per heavy atom. The first-order chi connectivity index (χ1) is 20.4. The summed E-state index contributed by atoms with van der Waals surface area (Å²) in [6.07, 6.45) is 19.6. The molecule has 0 spiro atoms. The van der Waals surface area contributed by atoms with Gasteiger partial charge < -0.3 is 27.1 Å². The molecule has 0 saturated carbocycles. The van der Waals surface area contributed by atoms with Gasteiger partial charge in [-0.25, -0.2) is 0 Å². The average molecular weight is 726 g/mol. The van der Waals surface area contributed by atoms with Crippen LogP contribution in [0.15, 0.2) is 0 Å². The van der Waals surface area contributed by atoms with Crippen LogP contribution in [0.1, 0.15) is 157 Å². The fraction of sp³-hybridized carbons (Fsp3) is 1.00. The fourth-order valence-electron chi connectivity index (χ4n) is 3.17. The Morgan fingerprint density at radius 3 is 0.558 bits per heavy atom. The van der Waals surface area contributed by atoms with E-state index in [1.165, 1.54) is 0 Å². The zero-order valence-electron chi connectivity index (χ0n) is 28.5. The molecule has 0 aliphatic carbocycles. The predicted octanol–water partition coefficient (Wildman–Crippen LogP) is 11.4. The van der Waals surface area contributed by atoms with Crippen molar-refractivity contribution in [3.8, 4) is 0 Å². The van der Waals surface area contributed by atoms with Gasteiger partial charge >= 0.3 is 24.8 Å². The van der Waals surface area contributed by atoms with Crippen LogP contribution >= 0.6 is 24.8 Å². The standard InChI is InChI=1S/3C10H23O3P.Co/c3*1-3-5-7-9-12-14(11)13-10-8-6-4-2;/h3*14H,3-10H2,1-2H3;. The third kappa shape index (κ3) is 52.8. The Labute approximate surface area is 278 Å². The minimum Gasteiger partial charge on any atom is -0.311 e. The van der Waals surface area contributed by atoms with Crippen molar-refractivity contribution in [1.82, 2.24) is 0 Å². The molecule has 0 aliphatic rings. The molecule has 0 amide bonds. The molecule has 0 aromatic rings. The molecule has 0 aliphatic heterocycles. The maximum absolute atomic E-state index is 11.1. The van der Waals surface area contributed by atoms with Gasteiger partial charge in [0.15, 0.2) is 0 Å². The van der Waals surface area contributed by atoms with Crippen LogP contribution in [0, 0.1) is 0 Å². The fourth-order valence-corrected chi connectivity index (χ4v) is 5.29. The Balaban J connectivity index is -0.000000262. The second-order valence-corrected chi connectivity index (χ2v) is 13.3. The van der Waals surface area contributed by atoms with Gasteiger partial charge in [0.1, 0.15) is 0 Å². The van der Waals surface area contributed by atoms with Crippen LogP contribution in [0.25, 0.3) is 0 Å². The zero-order chi connectivity index (χ0) is 31.9. The minimum atomic E-state index is -2.20. The maximum Gasteiger partial charge on any atom is 0.319 e. The molecule has 0 heterocycles. The molecule has 267 valence electrons. The molecule has 13 heteroatoms. The van der Waals surface area contributed by atoms with Crippen molar-refractivity contribution in [1.29, 1.82) is 0 Å². The van der Waals surface area contributed by atoms with Crippen LogP contribution in [0.2, 0.25) is 0 Å². The van der Waals surface area contributed by atoms with Gasteiger partial charge in [-0.2, -0.15) is 0 Å². The SMILES string of the molecule is CCCCCO[PH](=O)OCCCCC.CCCCCO[PH](=O)OCCCCC.CCCCCO[PH](=O)OCCCCC.[Co]. The van der Waals surface area contributed by atoms with Crippen molar-refractivity contribution in [2.45, 2.75) is 157 Å². The van der Waals surface area contributed by atoms with Crippen molar-refractivity contribution >= 4 is 24.8 Å². The van der Waals surface area contributed by atoms with E-state index < -0.39 is 24.8 Å². The molecule has 0 aromatic carbocycles. The summed E-state index contributed by atoms with van der Waals surface area (Å²) in [5.74, 6) is 0. The Hall–Kier alpha value is 0.956. The molecule has 1 radical (unpaired) electrons. The summed E-state index contributed by atoms with van der Waals surface area (Å²) in [4.78, 5) is 0. The van der Waals surface area contributed by atoms with Crippen LogP contribution in [0.4, 0.5) is 0 Å². The first kappa shape index (κ1) is 50.8. The second kappa shape index (κ2) is 47.4. The largest absolute Gasteiger partial charge is 0.319 e. The van der Waals surface area contributed by atoms with Crippen LogP contribution in [-0.4, -0.2) is 39.6 Å². The van der Waals surface area contributed by atoms with Crippen molar-refractivity contribution < 1.29 is 57.6 Å². The van der Waals surface area contributed by atoms with Gasteiger partial charge in [0.2, 0.25) is 0 Å². The van der Waals surface area contributed by atoms with Crippen LogP contribution in [0.3, 0.4) is 0 Å².